The molecule has 0 spiro atoms. The zero-order chi connectivity index (χ0) is 26.2. The van der Waals surface area contributed by atoms with Gasteiger partial charge in [0.05, 0.1) is 6.61 Å². The van der Waals surface area contributed by atoms with E-state index in [1.165, 1.54) is 30.9 Å². The van der Waals surface area contributed by atoms with E-state index >= 15 is 0 Å². The highest BCUT2D eigenvalue weighted by atomic mass is 16.5. The lowest BCUT2D eigenvalue weighted by molar-refractivity contribution is -0.128. The molecule has 198 valence electrons. The lowest BCUT2D eigenvalue weighted by Gasteiger charge is -2.39. The highest BCUT2D eigenvalue weighted by Gasteiger charge is 2.32. The normalized spacial score (nSPS) is 16.8. The van der Waals surface area contributed by atoms with Gasteiger partial charge in [-0.1, -0.05) is 43.7 Å². The third-order valence-electron chi connectivity index (χ3n) is 7.19. The molecule has 37 heavy (non-hydrogen) atoms. The van der Waals surface area contributed by atoms with Crippen LogP contribution in [0.2, 0.25) is 0 Å². The maximum Gasteiger partial charge on any atom is 0.246 e. The Hall–Kier alpha value is -3.30. The minimum atomic E-state index is 0.0215. The molecule has 4 rings (SSSR count). The Kier molecular flexibility index (Phi) is 9.24. The fraction of sp³-hybridized carbons (Fsp3) is 0.500. The van der Waals surface area contributed by atoms with Gasteiger partial charge in [-0.05, 0) is 36.5 Å². The van der Waals surface area contributed by atoms with Gasteiger partial charge in [0.25, 0.3) is 0 Å². The lowest BCUT2D eigenvalue weighted by atomic mass is 9.97. The lowest BCUT2D eigenvalue weighted by Crippen LogP contribution is -2.49. The largest absolute Gasteiger partial charge is 0.380 e. The summed E-state index contributed by atoms with van der Waals surface area (Å²) >= 11 is 0. The SMILES string of the molecule is C=CC(=O)N1CCN(C(CC2CC2)c2ccc(CNc3ncc(COC)c(N(C=O)CC)n3)cc2)CC1. The van der Waals surface area contributed by atoms with Crippen LogP contribution in [0.3, 0.4) is 0 Å². The van der Waals surface area contributed by atoms with E-state index in [2.05, 4.69) is 51.0 Å². The molecule has 2 fully saturated rings. The van der Waals surface area contributed by atoms with Gasteiger partial charge in [-0.2, -0.15) is 4.98 Å². The number of hydrogen-bond acceptors (Lipinski definition) is 7. The highest BCUT2D eigenvalue weighted by molar-refractivity contribution is 5.87. The van der Waals surface area contributed by atoms with Crippen LogP contribution in [0.15, 0.2) is 43.1 Å². The summed E-state index contributed by atoms with van der Waals surface area (Å²) < 4.78 is 5.23. The quantitative estimate of drug-likeness (QED) is 0.329. The first-order valence-corrected chi connectivity index (χ1v) is 13.1. The third kappa shape index (κ3) is 6.93. The molecule has 2 amide bonds. The van der Waals surface area contributed by atoms with Crippen molar-refractivity contribution in [2.24, 2.45) is 5.92 Å². The molecule has 9 heteroatoms. The molecule has 1 N–H and O–H groups in total. The molecule has 1 aliphatic carbocycles. The predicted octanol–water partition coefficient (Wildman–Crippen LogP) is 3.39. The second-order valence-corrected chi connectivity index (χ2v) is 9.72. The van der Waals surface area contributed by atoms with Crippen LogP contribution in [-0.2, 0) is 27.5 Å². The number of methoxy groups -OCH3 is 1. The molecular formula is C28H38N6O3. The van der Waals surface area contributed by atoms with Crippen LogP contribution in [0.5, 0.6) is 0 Å². The van der Waals surface area contributed by atoms with Crippen molar-refractivity contribution in [3.8, 4) is 0 Å². The molecule has 1 saturated carbocycles. The third-order valence-corrected chi connectivity index (χ3v) is 7.19. The van der Waals surface area contributed by atoms with Crippen LogP contribution >= 0.6 is 0 Å². The molecule has 2 aliphatic rings. The average Bonchev–Trinajstić information content (AvgIpc) is 3.77. The molecular weight excluding hydrogens is 468 g/mol. The van der Waals surface area contributed by atoms with Crippen LogP contribution in [0.1, 0.15) is 48.9 Å². The van der Waals surface area contributed by atoms with Gasteiger partial charge >= 0.3 is 0 Å². The van der Waals surface area contributed by atoms with Crippen molar-refractivity contribution in [3.63, 3.8) is 0 Å². The summed E-state index contributed by atoms with van der Waals surface area (Å²) in [6.07, 6.45) is 7.69. The molecule has 1 atom stereocenters. The molecule has 2 aromatic rings. The first kappa shape index (κ1) is 26.8. The Labute approximate surface area is 219 Å². The Morgan fingerprint density at radius 3 is 2.57 bits per heavy atom. The number of carbonyl (C=O) groups excluding carboxylic acids is 2. The summed E-state index contributed by atoms with van der Waals surface area (Å²) in [5.74, 6) is 1.86. The number of carbonyl (C=O) groups is 2. The van der Waals surface area contributed by atoms with Crippen LogP contribution < -0.4 is 10.2 Å². The van der Waals surface area contributed by atoms with E-state index in [4.69, 9.17) is 4.74 Å². The van der Waals surface area contributed by atoms with Crippen molar-refractivity contribution in [1.29, 1.82) is 0 Å². The predicted molar refractivity (Wildman–Crippen MR) is 144 cm³/mol. The number of aromatic nitrogens is 2. The van der Waals surface area contributed by atoms with Gasteiger partial charge in [0.1, 0.15) is 5.82 Å². The van der Waals surface area contributed by atoms with Crippen molar-refractivity contribution in [3.05, 3.63) is 59.8 Å². The number of piperazine rings is 1. The minimum absolute atomic E-state index is 0.0215. The van der Waals surface area contributed by atoms with E-state index < -0.39 is 0 Å². The molecule has 1 aliphatic heterocycles. The van der Waals surface area contributed by atoms with E-state index in [0.29, 0.717) is 37.5 Å². The van der Waals surface area contributed by atoms with Gasteiger partial charge in [0, 0.05) is 64.2 Å². The minimum Gasteiger partial charge on any atom is -0.380 e. The monoisotopic (exact) mass is 506 g/mol. The van der Waals surface area contributed by atoms with E-state index in [9.17, 15) is 9.59 Å². The first-order valence-electron chi connectivity index (χ1n) is 13.1. The number of nitrogens with one attached hydrogen (secondary N) is 1. The summed E-state index contributed by atoms with van der Waals surface area (Å²) in [5, 5.41) is 3.29. The molecule has 1 unspecified atom stereocenters. The van der Waals surface area contributed by atoms with Gasteiger partial charge in [-0.15, -0.1) is 0 Å². The second kappa shape index (κ2) is 12.8. The molecule has 2 heterocycles. The standard InChI is InChI=1S/C28H38N6O3/c1-4-26(36)34-14-12-33(13-15-34)25(16-21-6-7-21)23-10-8-22(9-11-23)17-29-28-30-18-24(19-37-3)27(31-28)32(5-2)20-35/h4,8-11,18,20-21,25H,1,5-7,12-17,19H2,2-3H3,(H,29,30,31). The van der Waals surface area contributed by atoms with Gasteiger partial charge in [0.15, 0.2) is 0 Å². The van der Waals surface area contributed by atoms with Gasteiger partial charge in [0.2, 0.25) is 18.3 Å². The molecule has 1 aromatic carbocycles. The summed E-state index contributed by atoms with van der Waals surface area (Å²) in [4.78, 5) is 38.4. The number of anilines is 2. The highest BCUT2D eigenvalue weighted by Crippen LogP contribution is 2.40. The van der Waals surface area contributed by atoms with Crippen molar-refractivity contribution in [2.75, 3.05) is 50.1 Å². The molecule has 0 bridgehead atoms. The van der Waals surface area contributed by atoms with Crippen molar-refractivity contribution < 1.29 is 14.3 Å². The molecule has 1 saturated heterocycles. The van der Waals surface area contributed by atoms with Crippen LogP contribution in [0, 0.1) is 5.92 Å². The molecule has 1 aromatic heterocycles. The fourth-order valence-electron chi connectivity index (χ4n) is 4.85. The number of hydrogen-bond donors (Lipinski definition) is 1. The van der Waals surface area contributed by atoms with Crippen molar-refractivity contribution >= 4 is 24.1 Å². The Morgan fingerprint density at radius 2 is 1.97 bits per heavy atom. The number of nitrogens with zero attached hydrogens (tertiary/aromatic N) is 5. The van der Waals surface area contributed by atoms with Crippen molar-refractivity contribution in [2.45, 2.75) is 45.4 Å². The number of amides is 2. The average molecular weight is 507 g/mol. The van der Waals surface area contributed by atoms with Gasteiger partial charge in [-0.3, -0.25) is 19.4 Å². The summed E-state index contributed by atoms with van der Waals surface area (Å²) in [6.45, 7) is 10.2. The van der Waals surface area contributed by atoms with E-state index in [1.54, 1.807) is 18.2 Å². The van der Waals surface area contributed by atoms with Crippen LogP contribution in [0.25, 0.3) is 0 Å². The van der Waals surface area contributed by atoms with Crippen LogP contribution in [-0.4, -0.2) is 71.9 Å². The Morgan fingerprint density at radius 1 is 1.24 bits per heavy atom. The number of benzene rings is 1. The molecule has 0 radical (unpaired) electrons. The maximum atomic E-state index is 12.0. The molecule has 9 nitrogen and oxygen atoms in total. The second-order valence-electron chi connectivity index (χ2n) is 9.72. The van der Waals surface area contributed by atoms with E-state index in [0.717, 1.165) is 49.6 Å². The Bertz CT molecular complexity index is 1060. The summed E-state index contributed by atoms with van der Waals surface area (Å²) in [7, 11) is 1.61. The smallest absolute Gasteiger partial charge is 0.246 e. The zero-order valence-electron chi connectivity index (χ0n) is 21.9. The summed E-state index contributed by atoms with van der Waals surface area (Å²) in [6, 6.07) is 9.14. The van der Waals surface area contributed by atoms with E-state index in [-0.39, 0.29) is 5.91 Å². The fourth-order valence-corrected chi connectivity index (χ4v) is 4.85. The number of rotatable bonds is 13. The van der Waals surface area contributed by atoms with Gasteiger partial charge in [-0.25, -0.2) is 4.98 Å². The van der Waals surface area contributed by atoms with Gasteiger partial charge < -0.3 is 15.0 Å². The number of ether oxygens (including phenoxy) is 1. The Balaban J connectivity index is 1.41. The zero-order valence-corrected chi connectivity index (χ0v) is 21.9. The van der Waals surface area contributed by atoms with Crippen molar-refractivity contribution in [1.82, 2.24) is 19.8 Å². The first-order chi connectivity index (χ1) is 18.1. The van der Waals surface area contributed by atoms with E-state index in [1.807, 2.05) is 11.8 Å². The maximum absolute atomic E-state index is 12.0. The van der Waals surface area contributed by atoms with Crippen LogP contribution in [0.4, 0.5) is 11.8 Å². The summed E-state index contributed by atoms with van der Waals surface area (Å²) in [5.41, 5.74) is 3.22. The topological polar surface area (TPSA) is 90.9 Å².